The largest absolute Gasteiger partial charge is 0.376 e. The van der Waals surface area contributed by atoms with E-state index in [0.717, 1.165) is 39.6 Å². The van der Waals surface area contributed by atoms with E-state index >= 15 is 0 Å². The summed E-state index contributed by atoms with van der Waals surface area (Å²) >= 11 is 0. The Labute approximate surface area is 302 Å². The van der Waals surface area contributed by atoms with Crippen LogP contribution in [0.4, 0.5) is 5.69 Å². The lowest BCUT2D eigenvalue weighted by Crippen LogP contribution is -2.54. The van der Waals surface area contributed by atoms with Crippen molar-refractivity contribution in [2.75, 3.05) is 5.32 Å². The molecule has 2 unspecified atom stereocenters. The predicted octanol–water partition coefficient (Wildman–Crippen LogP) is 10.7. The number of aromatic nitrogens is 2. The number of benzene rings is 7. The molecule has 0 amide bonds. The molecule has 0 fully saturated rings. The molecule has 10 rings (SSSR count). The maximum atomic E-state index is 3.91. The second kappa shape index (κ2) is 12.3. The highest BCUT2D eigenvalue weighted by atomic mass is 15.2. The minimum Gasteiger partial charge on any atom is -0.376 e. The van der Waals surface area contributed by atoms with Gasteiger partial charge >= 0.3 is 0 Å². The summed E-state index contributed by atoms with van der Waals surface area (Å²) in [5.41, 5.74) is 12.6. The van der Waals surface area contributed by atoms with Gasteiger partial charge in [-0.15, -0.1) is 0 Å². The molecular weight excluding hydrogens is 635 g/mol. The van der Waals surface area contributed by atoms with E-state index in [9.17, 15) is 0 Å². The van der Waals surface area contributed by atoms with Crippen LogP contribution in [-0.4, -0.2) is 21.3 Å². The lowest BCUT2D eigenvalue weighted by molar-refractivity contribution is 0.492. The zero-order valence-corrected chi connectivity index (χ0v) is 28.8. The van der Waals surface area contributed by atoms with E-state index in [1.807, 2.05) is 6.07 Å². The summed E-state index contributed by atoms with van der Waals surface area (Å²) in [6.07, 6.45) is -0.0324. The normalized spacial score (nSPS) is 16.0. The summed E-state index contributed by atoms with van der Waals surface area (Å²) < 4.78 is 4.73. The van der Waals surface area contributed by atoms with E-state index in [4.69, 9.17) is 0 Å². The fraction of sp³-hybridized carbons (Fsp3) is 0.0638. The van der Waals surface area contributed by atoms with Crippen LogP contribution in [0.5, 0.6) is 0 Å². The summed E-state index contributed by atoms with van der Waals surface area (Å²) in [4.78, 5) is 0. The molecule has 0 radical (unpaired) electrons. The number of fused-ring (bicyclic) bond motifs is 6. The van der Waals surface area contributed by atoms with E-state index < -0.39 is 0 Å². The zero-order chi connectivity index (χ0) is 34.6. The van der Waals surface area contributed by atoms with Crippen LogP contribution >= 0.6 is 0 Å². The van der Waals surface area contributed by atoms with Crippen molar-refractivity contribution in [2.45, 2.75) is 19.1 Å². The Balaban J connectivity index is 1.08. The van der Waals surface area contributed by atoms with E-state index in [1.54, 1.807) is 0 Å². The summed E-state index contributed by atoms with van der Waals surface area (Å²) in [6, 6.07) is 63.1. The molecular formula is C47H37N5. The molecule has 0 bridgehead atoms. The molecule has 0 aliphatic carbocycles. The van der Waals surface area contributed by atoms with Crippen molar-refractivity contribution in [2.24, 2.45) is 0 Å². The van der Waals surface area contributed by atoms with Crippen LogP contribution < -0.4 is 16.0 Å². The summed E-state index contributed by atoms with van der Waals surface area (Å²) in [5.74, 6) is 0. The van der Waals surface area contributed by atoms with Gasteiger partial charge in [0.25, 0.3) is 0 Å². The smallest absolute Gasteiger partial charge is 0.117 e. The SMILES string of the molecule is CC1NC(c2ccc(-n3c4ccccc4c4ccccc43)cc2)=C(c2ccc(-n3c4ccccc4c4ccccc43)cc2)NC1Nc1ccccc1. The molecule has 0 saturated heterocycles. The zero-order valence-electron chi connectivity index (χ0n) is 28.8. The molecule has 2 aromatic heterocycles. The van der Waals surface area contributed by atoms with Crippen molar-refractivity contribution in [3.8, 4) is 11.4 Å². The van der Waals surface area contributed by atoms with Crippen LogP contribution in [0.15, 0.2) is 176 Å². The van der Waals surface area contributed by atoms with Gasteiger partial charge < -0.3 is 25.1 Å². The van der Waals surface area contributed by atoms with Crippen LogP contribution in [-0.2, 0) is 0 Å². The van der Waals surface area contributed by atoms with E-state index in [2.05, 4.69) is 202 Å². The lowest BCUT2D eigenvalue weighted by Gasteiger charge is -2.37. The molecule has 1 aliphatic rings. The Morgan fingerprint density at radius 1 is 0.404 bits per heavy atom. The Morgan fingerprint density at radius 3 is 1.19 bits per heavy atom. The van der Waals surface area contributed by atoms with Crippen LogP contribution in [0, 0.1) is 0 Å². The molecule has 250 valence electrons. The van der Waals surface area contributed by atoms with Gasteiger partial charge in [0, 0.05) is 38.6 Å². The number of hydrogen-bond acceptors (Lipinski definition) is 3. The molecule has 2 atom stereocenters. The first-order valence-electron chi connectivity index (χ1n) is 18.0. The Kier molecular flexibility index (Phi) is 7.10. The maximum absolute atomic E-state index is 3.91. The van der Waals surface area contributed by atoms with Crippen molar-refractivity contribution in [1.82, 2.24) is 19.8 Å². The number of hydrogen-bond donors (Lipinski definition) is 3. The fourth-order valence-corrected chi connectivity index (χ4v) is 8.02. The standard InChI is InChI=1S/C47H37N5/c1-31-47(49-34-13-3-2-4-14-34)50-46(33-25-29-36(30-26-33)52-43-21-11-7-17-39(43)40-18-8-12-22-44(40)52)45(48-31)32-23-27-35(28-24-32)51-41-19-9-5-15-37(41)38-16-6-10-20-42(38)51/h2-31,47-50H,1H3. The van der Waals surface area contributed by atoms with Crippen molar-refractivity contribution < 1.29 is 0 Å². The van der Waals surface area contributed by atoms with Crippen LogP contribution in [0.1, 0.15) is 18.1 Å². The van der Waals surface area contributed by atoms with Gasteiger partial charge in [-0.2, -0.15) is 0 Å². The number of nitrogens with zero attached hydrogens (tertiary/aromatic N) is 2. The minimum absolute atomic E-state index is 0.0324. The fourth-order valence-electron chi connectivity index (χ4n) is 8.02. The topological polar surface area (TPSA) is 46.0 Å². The van der Waals surface area contributed by atoms with Gasteiger partial charge in [0.15, 0.2) is 0 Å². The van der Waals surface area contributed by atoms with Crippen molar-refractivity contribution in [3.05, 3.63) is 187 Å². The Morgan fingerprint density at radius 2 is 0.769 bits per heavy atom. The predicted molar refractivity (Wildman–Crippen MR) is 218 cm³/mol. The third kappa shape index (κ3) is 4.93. The van der Waals surface area contributed by atoms with Crippen molar-refractivity contribution >= 4 is 60.7 Å². The lowest BCUT2D eigenvalue weighted by atomic mass is 9.99. The second-order valence-corrected chi connectivity index (χ2v) is 13.6. The van der Waals surface area contributed by atoms with E-state index in [1.165, 1.54) is 43.6 Å². The molecule has 3 heterocycles. The number of nitrogens with one attached hydrogen (secondary N) is 3. The van der Waals surface area contributed by atoms with Gasteiger partial charge in [-0.05, 0) is 78.7 Å². The highest BCUT2D eigenvalue weighted by Gasteiger charge is 2.28. The van der Waals surface area contributed by atoms with Crippen molar-refractivity contribution in [3.63, 3.8) is 0 Å². The quantitative estimate of drug-likeness (QED) is 0.165. The molecule has 0 spiro atoms. The molecule has 0 saturated carbocycles. The van der Waals surface area contributed by atoms with Crippen LogP contribution in [0.2, 0.25) is 0 Å². The maximum Gasteiger partial charge on any atom is 0.117 e. The van der Waals surface area contributed by atoms with Crippen molar-refractivity contribution in [1.29, 1.82) is 0 Å². The Hall–Kier alpha value is -6.72. The summed E-state index contributed by atoms with van der Waals surface area (Å²) in [7, 11) is 0. The highest BCUT2D eigenvalue weighted by molar-refractivity contribution is 6.10. The first-order valence-corrected chi connectivity index (χ1v) is 18.0. The van der Waals surface area contributed by atoms with Gasteiger partial charge in [0.05, 0.1) is 39.5 Å². The number of rotatable bonds is 6. The second-order valence-electron chi connectivity index (χ2n) is 13.6. The molecule has 5 nitrogen and oxygen atoms in total. The van der Waals surface area contributed by atoms with Gasteiger partial charge in [0.2, 0.25) is 0 Å². The molecule has 1 aliphatic heterocycles. The minimum atomic E-state index is -0.0324. The van der Waals surface area contributed by atoms with E-state index in [-0.39, 0.29) is 12.2 Å². The van der Waals surface area contributed by atoms with Gasteiger partial charge in [-0.3, -0.25) is 0 Å². The van der Waals surface area contributed by atoms with Gasteiger partial charge in [0.1, 0.15) is 6.17 Å². The van der Waals surface area contributed by atoms with Crippen LogP contribution in [0.3, 0.4) is 0 Å². The third-order valence-corrected chi connectivity index (χ3v) is 10.5. The highest BCUT2D eigenvalue weighted by Crippen LogP contribution is 2.35. The van der Waals surface area contributed by atoms with Gasteiger partial charge in [-0.1, -0.05) is 115 Å². The monoisotopic (exact) mass is 671 g/mol. The van der Waals surface area contributed by atoms with Crippen LogP contribution in [0.25, 0.3) is 66.4 Å². The van der Waals surface area contributed by atoms with Gasteiger partial charge in [-0.25, -0.2) is 0 Å². The molecule has 7 aromatic carbocycles. The average molecular weight is 672 g/mol. The first kappa shape index (κ1) is 30.1. The Bertz CT molecular complexity index is 2660. The summed E-state index contributed by atoms with van der Waals surface area (Å²) in [5, 5.41) is 16.6. The average Bonchev–Trinajstić information content (AvgIpc) is 3.72. The third-order valence-electron chi connectivity index (χ3n) is 10.5. The molecule has 52 heavy (non-hydrogen) atoms. The first-order chi connectivity index (χ1) is 25.7. The molecule has 9 aromatic rings. The van der Waals surface area contributed by atoms with E-state index in [0.29, 0.717) is 0 Å². The molecule has 5 heteroatoms. The molecule has 3 N–H and O–H groups in total. The number of anilines is 1. The number of para-hydroxylation sites is 5. The summed E-state index contributed by atoms with van der Waals surface area (Å²) in [6.45, 7) is 2.22.